The van der Waals surface area contributed by atoms with Gasteiger partial charge in [0.2, 0.25) is 0 Å². The predicted molar refractivity (Wildman–Crippen MR) is 92.1 cm³/mol. The first kappa shape index (κ1) is 14.0. The molecule has 0 radical (unpaired) electrons. The molecule has 3 aromatic rings. The molecule has 2 nitrogen and oxygen atoms in total. The topological polar surface area (TPSA) is 21.3 Å². The smallest absolute Gasteiger partial charge is 0.141 e. The highest BCUT2D eigenvalue weighted by atomic mass is 16.5. The second kappa shape index (κ2) is 6.24. The Morgan fingerprint density at radius 2 is 1.68 bits per heavy atom. The maximum absolute atomic E-state index is 5.78. The van der Waals surface area contributed by atoms with E-state index in [1.807, 2.05) is 42.5 Å². The van der Waals surface area contributed by atoms with Gasteiger partial charge in [-0.05, 0) is 28.5 Å². The van der Waals surface area contributed by atoms with E-state index in [9.17, 15) is 0 Å². The maximum atomic E-state index is 5.78. The van der Waals surface area contributed by atoms with Crippen molar-refractivity contribution in [1.82, 2.24) is 0 Å². The lowest BCUT2D eigenvalue weighted by Gasteiger charge is -2.18. The highest BCUT2D eigenvalue weighted by Crippen LogP contribution is 2.30. The van der Waals surface area contributed by atoms with Gasteiger partial charge in [-0.2, -0.15) is 0 Å². The molecule has 0 saturated carbocycles. The fourth-order valence-electron chi connectivity index (χ4n) is 2.63. The molecule has 0 heterocycles. The number of rotatable bonds is 4. The van der Waals surface area contributed by atoms with Crippen molar-refractivity contribution in [3.05, 3.63) is 72.3 Å². The highest BCUT2D eigenvalue weighted by molar-refractivity contribution is 5.87. The molecule has 0 fully saturated rings. The lowest BCUT2D eigenvalue weighted by molar-refractivity contribution is 0.416. The van der Waals surface area contributed by atoms with Gasteiger partial charge >= 0.3 is 0 Å². The predicted octanol–water partition coefficient (Wildman–Crippen LogP) is 4.63. The van der Waals surface area contributed by atoms with E-state index in [4.69, 9.17) is 11.2 Å². The van der Waals surface area contributed by atoms with Gasteiger partial charge in [-0.3, -0.25) is 0 Å². The van der Waals surface area contributed by atoms with Crippen LogP contribution in [0.2, 0.25) is 0 Å². The second-order valence-electron chi connectivity index (χ2n) is 5.01. The maximum Gasteiger partial charge on any atom is 0.141 e. The molecule has 22 heavy (non-hydrogen) atoms. The molecule has 0 bridgehead atoms. The summed E-state index contributed by atoms with van der Waals surface area (Å²) in [5, 5.41) is 5.74. The zero-order chi connectivity index (χ0) is 15.4. The molecule has 0 aliphatic rings. The molecule has 0 aromatic heterocycles. The first-order valence-electron chi connectivity index (χ1n) is 7.17. The van der Waals surface area contributed by atoms with Gasteiger partial charge in [0.05, 0.1) is 12.8 Å². The molecule has 3 rings (SSSR count). The van der Waals surface area contributed by atoms with Crippen LogP contribution >= 0.6 is 0 Å². The van der Waals surface area contributed by atoms with E-state index in [1.165, 1.54) is 5.39 Å². The molecular formula is C20H17NO. The van der Waals surface area contributed by atoms with Gasteiger partial charge < -0.3 is 10.1 Å². The van der Waals surface area contributed by atoms with Crippen LogP contribution in [-0.2, 0) is 0 Å². The third kappa shape index (κ3) is 2.62. The Labute approximate surface area is 130 Å². The molecule has 0 unspecified atom stereocenters. The number of methoxy groups -OCH3 is 1. The number of hydrogen-bond acceptors (Lipinski definition) is 2. The molecule has 3 aromatic carbocycles. The van der Waals surface area contributed by atoms with Crippen molar-refractivity contribution >= 4 is 16.5 Å². The number of nitrogens with one attached hydrogen (secondary N) is 1. The van der Waals surface area contributed by atoms with Crippen molar-refractivity contribution in [2.45, 2.75) is 6.04 Å². The van der Waals surface area contributed by atoms with Crippen LogP contribution in [0.3, 0.4) is 0 Å². The number of para-hydroxylation sites is 2. The average Bonchev–Trinajstić information content (AvgIpc) is 2.59. The summed E-state index contributed by atoms with van der Waals surface area (Å²) < 4.78 is 5.38. The van der Waals surface area contributed by atoms with Crippen LogP contribution in [-0.4, -0.2) is 7.11 Å². The van der Waals surface area contributed by atoms with Crippen LogP contribution in [0.4, 0.5) is 5.69 Å². The Morgan fingerprint density at radius 1 is 0.955 bits per heavy atom. The van der Waals surface area contributed by atoms with Crippen molar-refractivity contribution in [3.8, 4) is 18.1 Å². The Hall–Kier alpha value is -2.92. The van der Waals surface area contributed by atoms with Gasteiger partial charge in [0.15, 0.2) is 0 Å². The van der Waals surface area contributed by atoms with Crippen LogP contribution < -0.4 is 10.1 Å². The summed E-state index contributed by atoms with van der Waals surface area (Å²) in [6.07, 6.45) is 5.78. The van der Waals surface area contributed by atoms with E-state index in [0.717, 1.165) is 22.4 Å². The van der Waals surface area contributed by atoms with Gasteiger partial charge in [0.25, 0.3) is 0 Å². The van der Waals surface area contributed by atoms with Crippen molar-refractivity contribution < 1.29 is 4.74 Å². The van der Waals surface area contributed by atoms with E-state index >= 15 is 0 Å². The number of ether oxygens (including phenoxy) is 1. The van der Waals surface area contributed by atoms with Gasteiger partial charge in [0, 0.05) is 0 Å². The van der Waals surface area contributed by atoms with Crippen LogP contribution in [0, 0.1) is 12.3 Å². The van der Waals surface area contributed by atoms with Crippen LogP contribution in [0.25, 0.3) is 10.8 Å². The van der Waals surface area contributed by atoms with Gasteiger partial charge in [-0.25, -0.2) is 0 Å². The zero-order valence-corrected chi connectivity index (χ0v) is 12.4. The third-order valence-electron chi connectivity index (χ3n) is 3.71. The fraction of sp³-hybridized carbons (Fsp3) is 0.100. The molecule has 0 amide bonds. The van der Waals surface area contributed by atoms with E-state index in [2.05, 4.69) is 35.5 Å². The first-order valence-corrected chi connectivity index (χ1v) is 7.17. The fourth-order valence-corrected chi connectivity index (χ4v) is 2.63. The summed E-state index contributed by atoms with van der Waals surface area (Å²) in [5.74, 6) is 3.62. The SMILES string of the molecule is C#C[C@H](Nc1ccccc1OC)c1cccc2ccccc12. The van der Waals surface area contributed by atoms with Crippen LogP contribution in [0.15, 0.2) is 66.7 Å². The lowest BCUT2D eigenvalue weighted by Crippen LogP contribution is -2.09. The van der Waals surface area contributed by atoms with E-state index < -0.39 is 0 Å². The Morgan fingerprint density at radius 3 is 2.50 bits per heavy atom. The van der Waals surface area contributed by atoms with Crippen molar-refractivity contribution in [3.63, 3.8) is 0 Å². The Kier molecular flexibility index (Phi) is 3.98. The minimum atomic E-state index is -0.220. The molecule has 0 aliphatic carbocycles. The van der Waals surface area contributed by atoms with Crippen molar-refractivity contribution in [2.24, 2.45) is 0 Å². The van der Waals surface area contributed by atoms with Gasteiger partial charge in [-0.1, -0.05) is 60.5 Å². The lowest BCUT2D eigenvalue weighted by atomic mass is 9.99. The molecule has 2 heteroatoms. The Balaban J connectivity index is 2.02. The van der Waals surface area contributed by atoms with Crippen LogP contribution in [0.1, 0.15) is 11.6 Å². The van der Waals surface area contributed by atoms with Crippen molar-refractivity contribution in [1.29, 1.82) is 0 Å². The molecule has 0 aliphatic heterocycles. The zero-order valence-electron chi connectivity index (χ0n) is 12.4. The number of terminal acetylenes is 1. The number of fused-ring (bicyclic) bond motifs is 1. The minimum Gasteiger partial charge on any atom is -0.495 e. The average molecular weight is 287 g/mol. The minimum absolute atomic E-state index is 0.220. The molecule has 108 valence electrons. The summed E-state index contributed by atoms with van der Waals surface area (Å²) in [7, 11) is 1.66. The summed E-state index contributed by atoms with van der Waals surface area (Å²) in [6.45, 7) is 0. The molecule has 1 atom stereocenters. The van der Waals surface area contributed by atoms with Gasteiger partial charge in [0.1, 0.15) is 11.8 Å². The summed E-state index contributed by atoms with van der Waals surface area (Å²) in [6, 6.07) is 22.0. The van der Waals surface area contributed by atoms with E-state index in [1.54, 1.807) is 7.11 Å². The quantitative estimate of drug-likeness (QED) is 0.706. The first-order chi connectivity index (χ1) is 10.8. The van der Waals surface area contributed by atoms with Gasteiger partial charge in [-0.15, -0.1) is 6.42 Å². The summed E-state index contributed by atoms with van der Waals surface area (Å²) in [5.41, 5.74) is 1.98. The monoisotopic (exact) mass is 287 g/mol. The molecule has 1 N–H and O–H groups in total. The number of anilines is 1. The largest absolute Gasteiger partial charge is 0.495 e. The summed E-state index contributed by atoms with van der Waals surface area (Å²) in [4.78, 5) is 0. The summed E-state index contributed by atoms with van der Waals surface area (Å²) >= 11 is 0. The molecule has 0 saturated heterocycles. The van der Waals surface area contributed by atoms with E-state index in [0.29, 0.717) is 0 Å². The molecular weight excluding hydrogens is 270 g/mol. The van der Waals surface area contributed by atoms with Crippen molar-refractivity contribution in [2.75, 3.05) is 12.4 Å². The van der Waals surface area contributed by atoms with E-state index in [-0.39, 0.29) is 6.04 Å². The van der Waals surface area contributed by atoms with Crippen LogP contribution in [0.5, 0.6) is 5.75 Å². The molecule has 0 spiro atoms. The number of hydrogen-bond donors (Lipinski definition) is 1. The normalized spacial score (nSPS) is 11.6. The number of benzene rings is 3. The second-order valence-corrected chi connectivity index (χ2v) is 5.01. The highest BCUT2D eigenvalue weighted by Gasteiger charge is 2.13. The third-order valence-corrected chi connectivity index (χ3v) is 3.71. The Bertz CT molecular complexity index is 827. The standard InChI is InChI=1S/C20H17NO/c1-3-18(21-19-13-6-7-14-20(19)22-2)17-12-8-10-15-9-4-5-11-16(15)17/h1,4-14,18,21H,2H3/t18-/m0/s1.